The number of fused-ring (bicyclic) bond motifs is 3. The van der Waals surface area contributed by atoms with Crippen molar-refractivity contribution in [1.29, 1.82) is 0 Å². The van der Waals surface area contributed by atoms with Crippen molar-refractivity contribution >= 4 is 18.0 Å². The van der Waals surface area contributed by atoms with Gasteiger partial charge < -0.3 is 20.5 Å². The number of alkyl carbamates (subject to hydrolysis) is 1. The predicted molar refractivity (Wildman–Crippen MR) is 124 cm³/mol. The second-order valence-corrected chi connectivity index (χ2v) is 9.74. The highest BCUT2D eigenvalue weighted by Gasteiger charge is 2.72. The van der Waals surface area contributed by atoms with Gasteiger partial charge in [0.2, 0.25) is 5.91 Å². The van der Waals surface area contributed by atoms with Crippen molar-refractivity contribution in [1.82, 2.24) is 10.6 Å². The Balaban J connectivity index is 1.24. The number of hydrogen-bond acceptors (Lipinski definition) is 4. The maximum absolute atomic E-state index is 13.4. The van der Waals surface area contributed by atoms with E-state index in [4.69, 9.17) is 9.84 Å². The lowest BCUT2D eigenvalue weighted by atomic mass is 9.98. The van der Waals surface area contributed by atoms with Crippen LogP contribution in [0.3, 0.4) is 0 Å². The number of benzene rings is 2. The van der Waals surface area contributed by atoms with Gasteiger partial charge in [-0.05, 0) is 42.5 Å². The van der Waals surface area contributed by atoms with E-state index >= 15 is 0 Å². The molecule has 0 heterocycles. The van der Waals surface area contributed by atoms with E-state index in [0.717, 1.165) is 22.3 Å². The standard InChI is InChI=1S/C26H28F2N2O5/c1-25(2,12-11-21(31)29-13-20-22(23(32)33)26(20,27)28)30-24(34)35-14-19-17-9-5-3-7-15(17)16-8-4-6-10-18(16)19/h3-10,19-20,22H,11-14H2,1-2H3,(H,29,31)(H,30,34)(H,32,33). The van der Waals surface area contributed by atoms with Crippen LogP contribution in [0.25, 0.3) is 11.1 Å². The number of alkyl halides is 2. The Bertz CT molecular complexity index is 1100. The molecule has 0 aromatic heterocycles. The minimum absolute atomic E-state index is 0.0211. The highest BCUT2D eigenvalue weighted by Crippen LogP contribution is 2.54. The number of carboxylic acids is 1. The molecule has 0 aliphatic heterocycles. The number of aliphatic carboxylic acids is 1. The highest BCUT2D eigenvalue weighted by molar-refractivity contribution is 5.79. The Hall–Kier alpha value is -3.49. The van der Waals surface area contributed by atoms with E-state index in [1.807, 2.05) is 36.4 Å². The molecule has 186 valence electrons. The maximum Gasteiger partial charge on any atom is 0.407 e. The van der Waals surface area contributed by atoms with Crippen LogP contribution >= 0.6 is 0 Å². The Morgan fingerprint density at radius 1 is 1.03 bits per heavy atom. The first-order valence-corrected chi connectivity index (χ1v) is 11.5. The minimum Gasteiger partial charge on any atom is -0.481 e. The van der Waals surface area contributed by atoms with Gasteiger partial charge in [0.25, 0.3) is 5.92 Å². The number of carboxylic acid groups (broad SMARTS) is 1. The first-order valence-electron chi connectivity index (χ1n) is 11.5. The van der Waals surface area contributed by atoms with E-state index in [1.54, 1.807) is 13.8 Å². The lowest BCUT2D eigenvalue weighted by molar-refractivity contribution is -0.141. The summed E-state index contributed by atoms with van der Waals surface area (Å²) < 4.78 is 32.4. The molecule has 4 rings (SSSR count). The summed E-state index contributed by atoms with van der Waals surface area (Å²) in [7, 11) is 0. The van der Waals surface area contributed by atoms with Crippen molar-refractivity contribution in [2.24, 2.45) is 11.8 Å². The summed E-state index contributed by atoms with van der Waals surface area (Å²) >= 11 is 0. The van der Waals surface area contributed by atoms with Gasteiger partial charge >= 0.3 is 12.1 Å². The molecule has 3 N–H and O–H groups in total. The van der Waals surface area contributed by atoms with E-state index in [9.17, 15) is 23.2 Å². The third-order valence-electron chi connectivity index (χ3n) is 6.75. The Labute approximate surface area is 201 Å². The summed E-state index contributed by atoms with van der Waals surface area (Å²) in [4.78, 5) is 35.4. The number of ether oxygens (including phenoxy) is 1. The first-order chi connectivity index (χ1) is 16.5. The van der Waals surface area contributed by atoms with Crippen molar-refractivity contribution < 1.29 is 33.0 Å². The molecule has 2 aromatic rings. The molecule has 1 saturated carbocycles. The molecule has 0 bridgehead atoms. The number of halogens is 2. The van der Waals surface area contributed by atoms with Crippen LogP contribution in [0, 0.1) is 11.8 Å². The van der Waals surface area contributed by atoms with Crippen LogP contribution in [0.5, 0.6) is 0 Å². The third kappa shape index (κ3) is 5.13. The van der Waals surface area contributed by atoms with Gasteiger partial charge in [0.05, 0.1) is 5.92 Å². The van der Waals surface area contributed by atoms with Crippen molar-refractivity contribution in [3.8, 4) is 11.1 Å². The second kappa shape index (κ2) is 9.28. The molecule has 2 aliphatic carbocycles. The number of hydrogen-bond donors (Lipinski definition) is 3. The molecule has 2 aromatic carbocycles. The fourth-order valence-electron chi connectivity index (χ4n) is 4.69. The average Bonchev–Trinajstić information content (AvgIpc) is 3.22. The first kappa shape index (κ1) is 24.6. The van der Waals surface area contributed by atoms with Gasteiger partial charge in [-0.1, -0.05) is 48.5 Å². The molecule has 0 spiro atoms. The molecule has 2 unspecified atom stereocenters. The number of amides is 2. The fraction of sp³-hybridized carbons (Fsp3) is 0.423. The lowest BCUT2D eigenvalue weighted by Gasteiger charge is -2.26. The molecule has 1 fully saturated rings. The molecule has 0 radical (unpaired) electrons. The zero-order valence-electron chi connectivity index (χ0n) is 19.5. The van der Waals surface area contributed by atoms with E-state index in [1.165, 1.54) is 0 Å². The Morgan fingerprint density at radius 3 is 2.14 bits per heavy atom. The third-order valence-corrected chi connectivity index (χ3v) is 6.75. The highest BCUT2D eigenvalue weighted by atomic mass is 19.3. The van der Waals surface area contributed by atoms with Crippen LogP contribution in [0.15, 0.2) is 48.5 Å². The van der Waals surface area contributed by atoms with Gasteiger partial charge in [0.1, 0.15) is 12.5 Å². The summed E-state index contributed by atoms with van der Waals surface area (Å²) in [5.41, 5.74) is 3.67. The van der Waals surface area contributed by atoms with Crippen LogP contribution in [0.4, 0.5) is 13.6 Å². The SMILES string of the molecule is CC(C)(CCC(=O)NCC1C(C(=O)O)C1(F)F)NC(=O)OCC1c2ccccc2-c2ccccc21. The molecule has 0 saturated heterocycles. The largest absolute Gasteiger partial charge is 0.481 e. The van der Waals surface area contributed by atoms with Crippen LogP contribution in [0.2, 0.25) is 0 Å². The van der Waals surface area contributed by atoms with Crippen LogP contribution in [-0.2, 0) is 14.3 Å². The summed E-state index contributed by atoms with van der Waals surface area (Å²) in [6.45, 7) is 3.23. The normalized spacial score (nSPS) is 19.9. The van der Waals surface area contributed by atoms with Gasteiger partial charge in [0, 0.05) is 24.4 Å². The van der Waals surface area contributed by atoms with Gasteiger partial charge in [-0.3, -0.25) is 9.59 Å². The number of carbonyl (C=O) groups is 3. The van der Waals surface area contributed by atoms with Crippen molar-refractivity contribution in [2.75, 3.05) is 13.2 Å². The van der Waals surface area contributed by atoms with Gasteiger partial charge in [-0.25, -0.2) is 13.6 Å². The van der Waals surface area contributed by atoms with E-state index in [2.05, 4.69) is 22.8 Å². The Kier molecular flexibility index (Phi) is 6.53. The van der Waals surface area contributed by atoms with Crippen LogP contribution < -0.4 is 10.6 Å². The molecule has 2 atom stereocenters. The van der Waals surface area contributed by atoms with E-state index < -0.39 is 47.8 Å². The zero-order chi connectivity index (χ0) is 25.4. The van der Waals surface area contributed by atoms with Crippen LogP contribution in [-0.4, -0.2) is 47.7 Å². The zero-order valence-corrected chi connectivity index (χ0v) is 19.5. The molecule has 7 nitrogen and oxygen atoms in total. The molecule has 2 amide bonds. The number of carbonyl (C=O) groups excluding carboxylic acids is 2. The molecular formula is C26H28F2N2O5. The molecular weight excluding hydrogens is 458 g/mol. The fourth-order valence-corrected chi connectivity index (χ4v) is 4.69. The molecule has 9 heteroatoms. The Morgan fingerprint density at radius 2 is 1.60 bits per heavy atom. The average molecular weight is 487 g/mol. The number of nitrogens with one attached hydrogen (secondary N) is 2. The summed E-state index contributed by atoms with van der Waals surface area (Å²) in [5.74, 6) is -8.58. The minimum atomic E-state index is -3.30. The second-order valence-electron chi connectivity index (χ2n) is 9.74. The lowest BCUT2D eigenvalue weighted by Crippen LogP contribution is -2.44. The van der Waals surface area contributed by atoms with Gasteiger partial charge in [-0.15, -0.1) is 0 Å². The predicted octanol–water partition coefficient (Wildman–Crippen LogP) is 4.17. The van der Waals surface area contributed by atoms with Crippen LogP contribution in [0.1, 0.15) is 43.7 Å². The topological polar surface area (TPSA) is 105 Å². The summed E-state index contributed by atoms with van der Waals surface area (Å²) in [6, 6.07) is 16.0. The van der Waals surface area contributed by atoms with Crippen molar-refractivity contribution in [3.63, 3.8) is 0 Å². The van der Waals surface area contributed by atoms with Gasteiger partial charge in [0.15, 0.2) is 0 Å². The quantitative estimate of drug-likeness (QED) is 0.494. The van der Waals surface area contributed by atoms with Crippen molar-refractivity contribution in [3.05, 3.63) is 59.7 Å². The summed E-state index contributed by atoms with van der Waals surface area (Å²) in [6.07, 6.45) is -0.390. The van der Waals surface area contributed by atoms with Gasteiger partial charge in [-0.2, -0.15) is 0 Å². The number of rotatable bonds is 9. The van der Waals surface area contributed by atoms with Crippen molar-refractivity contribution in [2.45, 2.75) is 44.1 Å². The van der Waals surface area contributed by atoms with E-state index in [-0.39, 0.29) is 25.4 Å². The maximum atomic E-state index is 13.4. The molecule has 35 heavy (non-hydrogen) atoms. The molecule has 2 aliphatic rings. The monoisotopic (exact) mass is 486 g/mol. The smallest absolute Gasteiger partial charge is 0.407 e. The summed E-state index contributed by atoms with van der Waals surface area (Å²) in [5, 5.41) is 13.9. The van der Waals surface area contributed by atoms with E-state index in [0.29, 0.717) is 0 Å².